The smallest absolute Gasteiger partial charge is 0.294 e. The molecule has 0 fully saturated rings. The molecule has 5 nitrogen and oxygen atoms in total. The van der Waals surface area contributed by atoms with E-state index in [1.54, 1.807) is 6.92 Å². The highest BCUT2D eigenvalue weighted by molar-refractivity contribution is 6.34. The summed E-state index contributed by atoms with van der Waals surface area (Å²) in [6, 6.07) is 3.51. The monoisotopic (exact) mass is 410 g/mol. The first-order valence-corrected chi connectivity index (χ1v) is 7.82. The fourth-order valence-electron chi connectivity index (χ4n) is 2.37. The number of ketones is 1. The molecule has 0 aliphatic rings. The second kappa shape index (κ2) is 6.91. The van der Waals surface area contributed by atoms with Gasteiger partial charge in [0, 0.05) is 25.1 Å². The predicted molar refractivity (Wildman–Crippen MR) is 86.9 cm³/mol. The maximum Gasteiger partial charge on any atom is 0.459 e. The summed E-state index contributed by atoms with van der Waals surface area (Å²) in [5, 5.41) is 0.0377. The molecule has 0 bridgehead atoms. The molecule has 0 saturated carbocycles. The zero-order valence-electron chi connectivity index (χ0n) is 13.9. The molecule has 0 amide bonds. The molecular weight excluding hydrogens is 399 g/mol. The van der Waals surface area contributed by atoms with Crippen molar-refractivity contribution in [2.45, 2.75) is 25.4 Å². The van der Waals surface area contributed by atoms with Crippen molar-refractivity contribution in [2.24, 2.45) is 7.05 Å². The average Bonchev–Trinajstić information content (AvgIpc) is 2.57. The van der Waals surface area contributed by atoms with Crippen LogP contribution in [0.25, 0.3) is 5.69 Å². The number of aromatic nitrogens is 2. The summed E-state index contributed by atoms with van der Waals surface area (Å²) in [4.78, 5) is 36.4. The van der Waals surface area contributed by atoms with Gasteiger partial charge in [-0.3, -0.25) is 14.2 Å². The third-order valence-electron chi connectivity index (χ3n) is 3.83. The summed E-state index contributed by atoms with van der Waals surface area (Å²) in [6.45, 7) is 1.55. The Hall–Kier alpha value is -2.49. The summed E-state index contributed by atoms with van der Waals surface area (Å²) < 4.78 is 65.3. The van der Waals surface area contributed by atoms with Gasteiger partial charge in [0.2, 0.25) is 0 Å². The van der Waals surface area contributed by atoms with Crippen molar-refractivity contribution in [1.29, 1.82) is 0 Å². The van der Waals surface area contributed by atoms with Crippen molar-refractivity contribution >= 4 is 17.4 Å². The van der Waals surface area contributed by atoms with Crippen molar-refractivity contribution in [3.05, 3.63) is 61.4 Å². The summed E-state index contributed by atoms with van der Waals surface area (Å²) in [6.07, 6.45) is -5.93. The number of alkyl halides is 5. The highest BCUT2D eigenvalue weighted by Gasteiger charge is 2.60. The van der Waals surface area contributed by atoms with E-state index in [1.807, 2.05) is 0 Å². The number of nitrogens with zero attached hydrogens (tertiary/aromatic N) is 2. The maximum absolute atomic E-state index is 13.6. The Morgan fingerprint density at radius 3 is 2.22 bits per heavy atom. The molecule has 2 aromatic rings. The maximum atomic E-state index is 13.6. The molecule has 0 aliphatic heterocycles. The van der Waals surface area contributed by atoms with Crippen LogP contribution in [-0.4, -0.2) is 21.1 Å². The SMILES string of the molecule is CCC(=O)c1cc(-n2c(=O)cc(C(F)(F)C(F)(F)F)n(C)c2=O)ccc1Cl. The molecule has 11 heteroatoms. The van der Waals surface area contributed by atoms with Gasteiger partial charge in [-0.2, -0.15) is 22.0 Å². The van der Waals surface area contributed by atoms with Gasteiger partial charge in [0.15, 0.2) is 5.78 Å². The van der Waals surface area contributed by atoms with Gasteiger partial charge in [-0.05, 0) is 18.2 Å². The molecule has 0 saturated heterocycles. The average molecular weight is 411 g/mol. The first kappa shape index (κ1) is 20.8. The van der Waals surface area contributed by atoms with Crippen LogP contribution in [-0.2, 0) is 13.0 Å². The first-order valence-electron chi connectivity index (χ1n) is 7.44. The van der Waals surface area contributed by atoms with Crippen molar-refractivity contribution in [2.75, 3.05) is 0 Å². The third kappa shape index (κ3) is 3.53. The van der Waals surface area contributed by atoms with E-state index in [0.29, 0.717) is 11.6 Å². The molecule has 1 aromatic heterocycles. The van der Waals surface area contributed by atoms with Gasteiger partial charge in [0.1, 0.15) is 5.69 Å². The lowest BCUT2D eigenvalue weighted by atomic mass is 10.1. The van der Waals surface area contributed by atoms with Gasteiger partial charge in [-0.15, -0.1) is 0 Å². The second-order valence-corrected chi connectivity index (χ2v) is 5.97. The summed E-state index contributed by atoms with van der Waals surface area (Å²) in [5.41, 5.74) is -4.84. The van der Waals surface area contributed by atoms with Crippen LogP contribution in [0.5, 0.6) is 0 Å². The van der Waals surface area contributed by atoms with E-state index in [0.717, 1.165) is 6.07 Å². The highest BCUT2D eigenvalue weighted by Crippen LogP contribution is 2.42. The van der Waals surface area contributed by atoms with Crippen LogP contribution >= 0.6 is 11.6 Å². The Kier molecular flexibility index (Phi) is 5.33. The second-order valence-electron chi connectivity index (χ2n) is 5.56. The Morgan fingerprint density at radius 1 is 1.11 bits per heavy atom. The molecule has 0 spiro atoms. The zero-order chi connectivity index (χ0) is 20.7. The van der Waals surface area contributed by atoms with Gasteiger partial charge in [-0.25, -0.2) is 9.36 Å². The van der Waals surface area contributed by atoms with Crippen LogP contribution in [0, 0.1) is 0 Å². The van der Waals surface area contributed by atoms with Gasteiger partial charge >= 0.3 is 17.8 Å². The zero-order valence-corrected chi connectivity index (χ0v) is 14.7. The number of carbonyl (C=O) groups is 1. The summed E-state index contributed by atoms with van der Waals surface area (Å²) in [7, 11) is 0.682. The molecule has 1 heterocycles. The number of benzene rings is 1. The lowest BCUT2D eigenvalue weighted by molar-refractivity contribution is -0.292. The Balaban J connectivity index is 2.77. The van der Waals surface area contributed by atoms with E-state index in [2.05, 4.69) is 0 Å². The van der Waals surface area contributed by atoms with E-state index >= 15 is 0 Å². The quantitative estimate of drug-likeness (QED) is 0.573. The van der Waals surface area contributed by atoms with Crippen molar-refractivity contribution < 1.29 is 26.7 Å². The number of carbonyl (C=O) groups excluding carboxylic acids is 1. The van der Waals surface area contributed by atoms with Gasteiger partial charge < -0.3 is 0 Å². The number of Topliss-reactive ketones (excluding diaryl/α,β-unsaturated/α-hetero) is 1. The lowest BCUT2D eigenvalue weighted by Crippen LogP contribution is -2.45. The standard InChI is InChI=1S/C16H12ClF5N2O3/c1-3-11(25)9-6-8(4-5-10(9)17)24-13(26)7-12(23(2)14(24)27)15(18,19)16(20,21)22/h4-7H,3H2,1-2H3. The van der Waals surface area contributed by atoms with Gasteiger partial charge in [-0.1, -0.05) is 18.5 Å². The first-order chi connectivity index (χ1) is 12.3. The highest BCUT2D eigenvalue weighted by atomic mass is 35.5. The molecule has 0 N–H and O–H groups in total. The summed E-state index contributed by atoms with van der Waals surface area (Å²) in [5.74, 6) is -5.81. The van der Waals surface area contributed by atoms with Crippen molar-refractivity contribution in [3.8, 4) is 5.69 Å². The van der Waals surface area contributed by atoms with Crippen LogP contribution < -0.4 is 11.2 Å². The Bertz CT molecular complexity index is 1020. The minimum Gasteiger partial charge on any atom is -0.294 e. The summed E-state index contributed by atoms with van der Waals surface area (Å²) >= 11 is 5.89. The Labute approximate surface area is 153 Å². The van der Waals surface area contributed by atoms with E-state index in [1.165, 1.54) is 12.1 Å². The predicted octanol–water partition coefficient (Wildman–Crippen LogP) is 3.44. The molecule has 0 atom stereocenters. The molecule has 146 valence electrons. The van der Waals surface area contributed by atoms with E-state index < -0.39 is 34.8 Å². The molecule has 1 aromatic carbocycles. The fraction of sp³-hybridized carbons (Fsp3) is 0.312. The largest absolute Gasteiger partial charge is 0.459 e. The minimum atomic E-state index is -5.99. The third-order valence-corrected chi connectivity index (χ3v) is 4.16. The lowest BCUT2D eigenvalue weighted by Gasteiger charge is -2.22. The Morgan fingerprint density at radius 2 is 1.70 bits per heavy atom. The molecule has 0 radical (unpaired) electrons. The topological polar surface area (TPSA) is 61.1 Å². The van der Waals surface area contributed by atoms with Crippen LogP contribution in [0.15, 0.2) is 33.9 Å². The molecule has 2 rings (SSSR count). The minimum absolute atomic E-state index is 0.0182. The van der Waals surface area contributed by atoms with Crippen molar-refractivity contribution in [1.82, 2.24) is 9.13 Å². The van der Waals surface area contributed by atoms with Crippen molar-refractivity contribution in [3.63, 3.8) is 0 Å². The van der Waals surface area contributed by atoms with Crippen LogP contribution in [0.2, 0.25) is 5.02 Å². The molecule has 27 heavy (non-hydrogen) atoms. The van der Waals surface area contributed by atoms with E-state index in [4.69, 9.17) is 11.6 Å². The molecule has 0 unspecified atom stereocenters. The number of halogens is 6. The van der Waals surface area contributed by atoms with Crippen LogP contribution in [0.1, 0.15) is 29.4 Å². The molecular formula is C16H12ClF5N2O3. The number of hydrogen-bond acceptors (Lipinski definition) is 3. The molecule has 0 aliphatic carbocycles. The fourth-order valence-corrected chi connectivity index (χ4v) is 2.59. The van der Waals surface area contributed by atoms with E-state index in [-0.39, 0.29) is 33.3 Å². The van der Waals surface area contributed by atoms with Gasteiger partial charge in [0.05, 0.1) is 10.7 Å². The van der Waals surface area contributed by atoms with Crippen LogP contribution in [0.3, 0.4) is 0 Å². The van der Waals surface area contributed by atoms with E-state index in [9.17, 15) is 36.3 Å². The van der Waals surface area contributed by atoms with Crippen LogP contribution in [0.4, 0.5) is 22.0 Å². The number of hydrogen-bond donors (Lipinski definition) is 0. The normalized spacial score (nSPS) is 12.3. The number of rotatable bonds is 4. The van der Waals surface area contributed by atoms with Gasteiger partial charge in [0.25, 0.3) is 5.56 Å².